The van der Waals surface area contributed by atoms with E-state index in [9.17, 15) is 0 Å². The van der Waals surface area contributed by atoms with Gasteiger partial charge in [-0.2, -0.15) is 0 Å². The molecule has 1 saturated carbocycles. The van der Waals surface area contributed by atoms with Crippen molar-refractivity contribution in [3.05, 3.63) is 0 Å². The molecule has 2 nitrogen and oxygen atoms in total. The van der Waals surface area contributed by atoms with Crippen LogP contribution < -0.4 is 5.73 Å². The average molecular weight is 210 g/mol. The van der Waals surface area contributed by atoms with Crippen molar-refractivity contribution in [3.63, 3.8) is 0 Å². The number of piperidine rings is 1. The van der Waals surface area contributed by atoms with Gasteiger partial charge in [0.1, 0.15) is 0 Å². The van der Waals surface area contributed by atoms with E-state index in [0.717, 1.165) is 6.04 Å². The predicted molar refractivity (Wildman–Crippen MR) is 64.8 cm³/mol. The second-order valence-electron chi connectivity index (χ2n) is 6.20. The van der Waals surface area contributed by atoms with Gasteiger partial charge in [0.25, 0.3) is 0 Å². The quantitative estimate of drug-likeness (QED) is 0.720. The third-order valence-electron chi connectivity index (χ3n) is 4.68. The molecule has 0 bridgehead atoms. The standard InChI is InChI=1S/C13H26N2/c1-10-6-4-5-9-15(10)11-7-8-13(2,3)12(11)14/h10-12H,4-9,14H2,1-3H3. The molecule has 3 unspecified atom stereocenters. The minimum atomic E-state index is 0.349. The van der Waals surface area contributed by atoms with Crippen molar-refractivity contribution in [3.8, 4) is 0 Å². The molecule has 2 aliphatic rings. The van der Waals surface area contributed by atoms with Gasteiger partial charge in [0.05, 0.1) is 0 Å². The normalized spacial score (nSPS) is 42.0. The van der Waals surface area contributed by atoms with Crippen molar-refractivity contribution < 1.29 is 0 Å². The molecule has 0 aromatic rings. The van der Waals surface area contributed by atoms with Crippen LogP contribution in [0.25, 0.3) is 0 Å². The molecule has 2 N–H and O–H groups in total. The van der Waals surface area contributed by atoms with Crippen LogP contribution >= 0.6 is 0 Å². The first-order chi connectivity index (χ1) is 7.02. The summed E-state index contributed by atoms with van der Waals surface area (Å²) >= 11 is 0. The summed E-state index contributed by atoms with van der Waals surface area (Å²) < 4.78 is 0. The van der Waals surface area contributed by atoms with Gasteiger partial charge < -0.3 is 5.73 Å². The molecule has 1 heterocycles. The van der Waals surface area contributed by atoms with Gasteiger partial charge in [-0.25, -0.2) is 0 Å². The molecule has 2 heteroatoms. The first-order valence-electron chi connectivity index (χ1n) is 6.54. The van der Waals surface area contributed by atoms with Gasteiger partial charge in [-0.15, -0.1) is 0 Å². The Morgan fingerprint density at radius 2 is 1.93 bits per heavy atom. The maximum Gasteiger partial charge on any atom is 0.0255 e. The van der Waals surface area contributed by atoms with E-state index in [4.69, 9.17) is 5.73 Å². The second kappa shape index (κ2) is 4.06. The molecule has 0 radical (unpaired) electrons. The smallest absolute Gasteiger partial charge is 0.0255 e. The predicted octanol–water partition coefficient (Wildman–Crippen LogP) is 2.38. The monoisotopic (exact) mass is 210 g/mol. The number of nitrogens with zero attached hydrogens (tertiary/aromatic N) is 1. The van der Waals surface area contributed by atoms with Gasteiger partial charge in [0, 0.05) is 18.1 Å². The number of hydrogen-bond donors (Lipinski definition) is 1. The zero-order chi connectivity index (χ0) is 11.1. The van der Waals surface area contributed by atoms with Crippen LogP contribution in [0.5, 0.6) is 0 Å². The van der Waals surface area contributed by atoms with Gasteiger partial charge >= 0.3 is 0 Å². The molecule has 1 aliphatic heterocycles. The Kier molecular flexibility index (Phi) is 3.09. The largest absolute Gasteiger partial charge is 0.326 e. The molecule has 0 spiro atoms. The highest BCUT2D eigenvalue weighted by Gasteiger charge is 2.43. The molecule has 1 aliphatic carbocycles. The fourth-order valence-electron chi connectivity index (χ4n) is 3.37. The Hall–Kier alpha value is -0.0800. The van der Waals surface area contributed by atoms with Gasteiger partial charge in [0.15, 0.2) is 0 Å². The van der Waals surface area contributed by atoms with E-state index in [1.165, 1.54) is 38.6 Å². The Balaban J connectivity index is 2.04. The fraction of sp³-hybridized carbons (Fsp3) is 1.00. The van der Waals surface area contributed by atoms with Crippen LogP contribution in [0.3, 0.4) is 0 Å². The van der Waals surface area contributed by atoms with Crippen LogP contribution in [-0.2, 0) is 0 Å². The van der Waals surface area contributed by atoms with Crippen LogP contribution in [0.2, 0.25) is 0 Å². The van der Waals surface area contributed by atoms with Gasteiger partial charge in [-0.05, 0) is 44.6 Å². The lowest BCUT2D eigenvalue weighted by atomic mass is 9.86. The lowest BCUT2D eigenvalue weighted by Crippen LogP contribution is -2.53. The van der Waals surface area contributed by atoms with E-state index >= 15 is 0 Å². The van der Waals surface area contributed by atoms with E-state index in [1.807, 2.05) is 0 Å². The molecule has 15 heavy (non-hydrogen) atoms. The molecule has 2 rings (SSSR count). The lowest BCUT2D eigenvalue weighted by Gasteiger charge is -2.41. The van der Waals surface area contributed by atoms with E-state index < -0.39 is 0 Å². The number of hydrogen-bond acceptors (Lipinski definition) is 2. The SMILES string of the molecule is CC1CCCCN1C1CCC(C)(C)C1N. The third-order valence-corrected chi connectivity index (χ3v) is 4.68. The highest BCUT2D eigenvalue weighted by Crippen LogP contribution is 2.40. The molecule has 88 valence electrons. The zero-order valence-electron chi connectivity index (χ0n) is 10.5. The highest BCUT2D eigenvalue weighted by molar-refractivity contribution is 5.00. The molecule has 0 aromatic carbocycles. The van der Waals surface area contributed by atoms with Crippen LogP contribution in [0.1, 0.15) is 52.9 Å². The van der Waals surface area contributed by atoms with Gasteiger partial charge in [0.2, 0.25) is 0 Å². The van der Waals surface area contributed by atoms with Crippen LogP contribution in [0.15, 0.2) is 0 Å². The summed E-state index contributed by atoms with van der Waals surface area (Å²) in [6.07, 6.45) is 6.74. The average Bonchev–Trinajstić information content (AvgIpc) is 2.44. The Bertz CT molecular complexity index is 225. The van der Waals surface area contributed by atoms with Gasteiger partial charge in [-0.1, -0.05) is 20.3 Å². The summed E-state index contributed by atoms with van der Waals surface area (Å²) in [4.78, 5) is 2.68. The topological polar surface area (TPSA) is 29.3 Å². The van der Waals surface area contributed by atoms with Gasteiger partial charge in [-0.3, -0.25) is 4.90 Å². The summed E-state index contributed by atoms with van der Waals surface area (Å²) in [5.74, 6) is 0. The van der Waals surface area contributed by atoms with Crippen LogP contribution in [0, 0.1) is 5.41 Å². The van der Waals surface area contributed by atoms with Crippen LogP contribution in [0.4, 0.5) is 0 Å². The van der Waals surface area contributed by atoms with Crippen molar-refractivity contribution in [2.24, 2.45) is 11.1 Å². The minimum absolute atomic E-state index is 0.349. The summed E-state index contributed by atoms with van der Waals surface area (Å²) in [5, 5.41) is 0. The molecule has 2 fully saturated rings. The summed E-state index contributed by atoms with van der Waals surface area (Å²) in [6.45, 7) is 8.30. The van der Waals surface area contributed by atoms with Crippen molar-refractivity contribution in [1.82, 2.24) is 4.90 Å². The van der Waals surface area contributed by atoms with E-state index in [0.29, 0.717) is 17.5 Å². The maximum absolute atomic E-state index is 6.41. The molecule has 1 saturated heterocycles. The third kappa shape index (κ3) is 2.07. The molecular formula is C13H26N2. The summed E-state index contributed by atoms with van der Waals surface area (Å²) in [6, 6.07) is 1.78. The maximum atomic E-state index is 6.41. The number of rotatable bonds is 1. The van der Waals surface area contributed by atoms with Crippen molar-refractivity contribution in [2.45, 2.75) is 71.0 Å². The van der Waals surface area contributed by atoms with Crippen LogP contribution in [-0.4, -0.2) is 29.6 Å². The van der Waals surface area contributed by atoms with E-state index in [1.54, 1.807) is 0 Å². The molecule has 3 atom stereocenters. The van der Waals surface area contributed by atoms with Crippen molar-refractivity contribution >= 4 is 0 Å². The lowest BCUT2D eigenvalue weighted by molar-refractivity contribution is 0.0892. The molecule has 0 amide bonds. The van der Waals surface area contributed by atoms with Crippen molar-refractivity contribution in [1.29, 1.82) is 0 Å². The summed E-state index contributed by atoms with van der Waals surface area (Å²) in [5.41, 5.74) is 6.76. The Morgan fingerprint density at radius 3 is 2.47 bits per heavy atom. The highest BCUT2D eigenvalue weighted by atomic mass is 15.2. The Labute approximate surface area is 94.2 Å². The van der Waals surface area contributed by atoms with E-state index in [2.05, 4.69) is 25.7 Å². The minimum Gasteiger partial charge on any atom is -0.326 e. The molecule has 0 aromatic heterocycles. The number of likely N-dealkylation sites (tertiary alicyclic amines) is 1. The zero-order valence-corrected chi connectivity index (χ0v) is 10.5. The first-order valence-corrected chi connectivity index (χ1v) is 6.54. The first kappa shape index (κ1) is 11.4. The fourth-order valence-corrected chi connectivity index (χ4v) is 3.37. The van der Waals surface area contributed by atoms with E-state index in [-0.39, 0.29) is 0 Å². The summed E-state index contributed by atoms with van der Waals surface area (Å²) in [7, 11) is 0. The number of nitrogens with two attached hydrogens (primary N) is 1. The second-order valence-corrected chi connectivity index (χ2v) is 6.20. The Morgan fingerprint density at radius 1 is 1.20 bits per heavy atom. The van der Waals surface area contributed by atoms with Crippen molar-refractivity contribution in [2.75, 3.05) is 6.54 Å². The molecular weight excluding hydrogens is 184 g/mol.